The number of nitrogens with one attached hydrogen (secondary N) is 1. The normalized spacial score (nSPS) is 25.0. The van der Waals surface area contributed by atoms with E-state index in [9.17, 15) is 19.2 Å². The van der Waals surface area contributed by atoms with Gasteiger partial charge >= 0.3 is 24.0 Å². The van der Waals surface area contributed by atoms with E-state index in [1.807, 2.05) is 6.92 Å². The number of amides is 1. The highest BCUT2D eigenvalue weighted by Crippen LogP contribution is 2.29. The predicted octanol–water partition coefficient (Wildman–Crippen LogP) is 2.42. The Balaban J connectivity index is 3.24. The molecule has 0 saturated carbocycles. The summed E-state index contributed by atoms with van der Waals surface area (Å²) < 4.78 is 30.3. The van der Waals surface area contributed by atoms with Crippen LogP contribution in [0.2, 0.25) is 0 Å². The summed E-state index contributed by atoms with van der Waals surface area (Å²) >= 11 is 16.8. The third-order valence-electron chi connectivity index (χ3n) is 4.13. The van der Waals surface area contributed by atoms with E-state index >= 15 is 0 Å². The molecule has 0 aromatic rings. The number of halogens is 3. The summed E-state index contributed by atoms with van der Waals surface area (Å²) in [6, 6.07) is -1.19. The van der Waals surface area contributed by atoms with Crippen molar-refractivity contribution in [2.75, 3.05) is 19.8 Å². The summed E-state index contributed by atoms with van der Waals surface area (Å²) in [4.78, 5) is 47.3. The molecular formula is C19H28Cl3NO10. The highest BCUT2D eigenvalue weighted by molar-refractivity contribution is 6.67. The lowest BCUT2D eigenvalue weighted by Crippen LogP contribution is -2.66. The molecule has 0 aromatic carbocycles. The van der Waals surface area contributed by atoms with Gasteiger partial charge in [0.15, 0.2) is 18.5 Å². The summed E-state index contributed by atoms with van der Waals surface area (Å²) in [7, 11) is 0. The minimum atomic E-state index is -1.86. The van der Waals surface area contributed by atoms with Gasteiger partial charge in [-0.15, -0.1) is 0 Å². The number of esters is 3. The van der Waals surface area contributed by atoms with E-state index in [0.717, 1.165) is 20.3 Å². The van der Waals surface area contributed by atoms with Crippen LogP contribution in [-0.4, -0.2) is 78.3 Å². The molecular weight excluding hydrogens is 509 g/mol. The van der Waals surface area contributed by atoms with Gasteiger partial charge in [0.05, 0.1) is 0 Å². The molecule has 5 atom stereocenters. The smallest absolute Gasteiger partial charge is 0.407 e. The van der Waals surface area contributed by atoms with E-state index in [0.29, 0.717) is 6.42 Å². The highest BCUT2D eigenvalue weighted by atomic mass is 35.6. The van der Waals surface area contributed by atoms with Crippen molar-refractivity contribution in [1.29, 1.82) is 0 Å². The highest BCUT2D eigenvalue weighted by Gasteiger charge is 2.51. The van der Waals surface area contributed by atoms with Gasteiger partial charge in [0.2, 0.25) is 3.79 Å². The number of alkyl halides is 3. The molecule has 1 fully saturated rings. The fraction of sp³-hybridized carbons (Fsp3) is 0.789. The standard InChI is InChI=1S/C19H28Cl3NO10/c1-5-6-7-28-17-14(23-18(27)30-9-19(20,21)22)16(32-12(4)26)15(31-11(3)25)13(33-17)8-29-10(2)24/h13-17H,5-9H2,1-4H3,(H,23,27)/t13-,14-,15-,16-,17-/m1/s1. The topological polar surface area (TPSA) is 136 Å². The van der Waals surface area contributed by atoms with Crippen LogP contribution < -0.4 is 5.32 Å². The number of carbonyl (C=O) groups excluding carboxylic acids is 4. The second-order valence-corrected chi connectivity index (χ2v) is 9.60. The maximum absolute atomic E-state index is 12.4. The van der Waals surface area contributed by atoms with Gasteiger partial charge in [0.1, 0.15) is 25.4 Å². The number of alkyl carbamates (subject to hydrolysis) is 1. The summed E-state index contributed by atoms with van der Waals surface area (Å²) in [5.41, 5.74) is 0. The first-order valence-corrected chi connectivity index (χ1v) is 11.2. The van der Waals surface area contributed by atoms with Crippen LogP contribution in [-0.2, 0) is 42.8 Å². The van der Waals surface area contributed by atoms with Crippen molar-refractivity contribution in [3.05, 3.63) is 0 Å². The molecule has 0 bridgehead atoms. The van der Waals surface area contributed by atoms with E-state index in [1.54, 1.807) is 0 Å². The van der Waals surface area contributed by atoms with Gasteiger partial charge in [-0.05, 0) is 6.42 Å². The molecule has 1 N–H and O–H groups in total. The fourth-order valence-electron chi connectivity index (χ4n) is 2.87. The van der Waals surface area contributed by atoms with Crippen LogP contribution in [0, 0.1) is 0 Å². The monoisotopic (exact) mass is 535 g/mol. The molecule has 1 saturated heterocycles. The van der Waals surface area contributed by atoms with E-state index < -0.39 is 65.0 Å². The van der Waals surface area contributed by atoms with Crippen LogP contribution in [0.15, 0.2) is 0 Å². The first-order valence-electron chi connectivity index (χ1n) is 10.1. The zero-order chi connectivity index (χ0) is 25.2. The Hall–Kier alpha value is -1.53. The average Bonchev–Trinajstić information content (AvgIpc) is 2.68. The van der Waals surface area contributed by atoms with Crippen molar-refractivity contribution in [1.82, 2.24) is 5.32 Å². The molecule has 0 unspecified atom stereocenters. The number of ether oxygens (including phenoxy) is 6. The maximum Gasteiger partial charge on any atom is 0.407 e. The molecule has 14 heteroatoms. The van der Waals surface area contributed by atoms with Gasteiger partial charge in [-0.1, -0.05) is 48.1 Å². The van der Waals surface area contributed by atoms with Crippen LogP contribution in [0.5, 0.6) is 0 Å². The minimum Gasteiger partial charge on any atom is -0.463 e. The molecule has 1 rings (SSSR count). The van der Waals surface area contributed by atoms with E-state index in [4.69, 9.17) is 63.2 Å². The minimum absolute atomic E-state index is 0.230. The maximum atomic E-state index is 12.4. The second-order valence-electron chi connectivity index (χ2n) is 7.08. The lowest BCUT2D eigenvalue weighted by Gasteiger charge is -2.44. The first kappa shape index (κ1) is 29.5. The molecule has 0 radical (unpaired) electrons. The van der Waals surface area contributed by atoms with Crippen LogP contribution in [0.25, 0.3) is 0 Å². The Labute approximate surface area is 206 Å². The van der Waals surface area contributed by atoms with E-state index in [2.05, 4.69) is 5.32 Å². The van der Waals surface area contributed by atoms with Gasteiger partial charge in [-0.25, -0.2) is 4.79 Å². The third-order valence-corrected chi connectivity index (χ3v) is 4.46. The van der Waals surface area contributed by atoms with Gasteiger partial charge in [0, 0.05) is 27.4 Å². The van der Waals surface area contributed by atoms with Crippen molar-refractivity contribution >= 4 is 58.8 Å². The zero-order valence-electron chi connectivity index (χ0n) is 18.6. The zero-order valence-corrected chi connectivity index (χ0v) is 20.9. The number of hydrogen-bond donors (Lipinski definition) is 1. The molecule has 0 spiro atoms. The van der Waals surface area contributed by atoms with Crippen molar-refractivity contribution < 1.29 is 47.6 Å². The average molecular weight is 537 g/mol. The third kappa shape index (κ3) is 11.4. The molecule has 1 aliphatic rings. The Bertz CT molecular complexity index is 687. The Morgan fingerprint density at radius 2 is 1.55 bits per heavy atom. The number of carbonyl (C=O) groups is 4. The Morgan fingerprint density at radius 3 is 2.06 bits per heavy atom. The molecule has 190 valence electrons. The van der Waals surface area contributed by atoms with Gasteiger partial charge in [-0.2, -0.15) is 0 Å². The summed E-state index contributed by atoms with van der Waals surface area (Å²) in [6.45, 7) is 4.72. The molecule has 1 amide bonds. The van der Waals surface area contributed by atoms with E-state index in [-0.39, 0.29) is 13.2 Å². The summed E-state index contributed by atoms with van der Waals surface area (Å²) in [5.74, 6) is -2.07. The van der Waals surface area contributed by atoms with Crippen LogP contribution in [0.4, 0.5) is 4.79 Å². The first-order chi connectivity index (χ1) is 15.3. The molecule has 1 heterocycles. The Kier molecular flexibility index (Phi) is 12.5. The number of rotatable bonds is 10. The van der Waals surface area contributed by atoms with Crippen LogP contribution in [0.1, 0.15) is 40.5 Å². The predicted molar refractivity (Wildman–Crippen MR) is 116 cm³/mol. The summed E-state index contributed by atoms with van der Waals surface area (Å²) in [5, 5.41) is 2.45. The van der Waals surface area contributed by atoms with Crippen molar-refractivity contribution in [2.45, 2.75) is 75.0 Å². The van der Waals surface area contributed by atoms with Crippen molar-refractivity contribution in [3.8, 4) is 0 Å². The van der Waals surface area contributed by atoms with E-state index in [1.165, 1.54) is 6.92 Å². The van der Waals surface area contributed by atoms with Crippen molar-refractivity contribution in [3.63, 3.8) is 0 Å². The van der Waals surface area contributed by atoms with Gasteiger partial charge < -0.3 is 33.7 Å². The van der Waals surface area contributed by atoms with Crippen LogP contribution >= 0.6 is 34.8 Å². The molecule has 33 heavy (non-hydrogen) atoms. The quantitative estimate of drug-likeness (QED) is 0.192. The lowest BCUT2D eigenvalue weighted by molar-refractivity contribution is -0.277. The number of hydrogen-bond acceptors (Lipinski definition) is 10. The SMILES string of the molecule is CCCCO[C@@H]1O[C@H](COC(C)=O)[C@@H](OC(C)=O)[C@H](OC(C)=O)[C@H]1NC(=O)OCC(Cl)(Cl)Cl. The molecule has 1 aliphatic heterocycles. The molecule has 0 aromatic heterocycles. The molecule has 0 aliphatic carbocycles. The largest absolute Gasteiger partial charge is 0.463 e. The summed E-state index contributed by atoms with van der Waals surface area (Å²) in [6.07, 6.45) is -4.36. The van der Waals surface area contributed by atoms with Gasteiger partial charge in [-0.3, -0.25) is 14.4 Å². The molecule has 11 nitrogen and oxygen atoms in total. The van der Waals surface area contributed by atoms with Gasteiger partial charge in [0.25, 0.3) is 0 Å². The Morgan fingerprint density at radius 1 is 0.939 bits per heavy atom. The fourth-order valence-corrected chi connectivity index (χ4v) is 3.03. The lowest BCUT2D eigenvalue weighted by atomic mass is 9.96. The second kappa shape index (κ2) is 14.0. The van der Waals surface area contributed by atoms with Crippen LogP contribution in [0.3, 0.4) is 0 Å². The number of unbranched alkanes of at least 4 members (excludes halogenated alkanes) is 1. The van der Waals surface area contributed by atoms with Crippen molar-refractivity contribution in [2.24, 2.45) is 0 Å².